The molecule has 0 bridgehead atoms. The number of amides is 1. The molecule has 2 saturated carbocycles. The number of rotatable bonds is 3. The number of nitrogens with zero attached hydrogens (tertiary/aromatic N) is 2. The summed E-state index contributed by atoms with van der Waals surface area (Å²) < 4.78 is 0. The average Bonchev–Trinajstić information content (AvgIpc) is 3.19. The van der Waals surface area contributed by atoms with Gasteiger partial charge in [-0.25, -0.2) is 0 Å². The van der Waals surface area contributed by atoms with E-state index in [-0.39, 0.29) is 30.7 Å². The minimum absolute atomic E-state index is 0. The number of carbonyl (C=O) groups is 1. The predicted molar refractivity (Wildman–Crippen MR) is 90.2 cm³/mol. The third-order valence-electron chi connectivity index (χ3n) is 5.12. The van der Waals surface area contributed by atoms with Gasteiger partial charge in [-0.1, -0.05) is 19.3 Å². The predicted octanol–water partition coefficient (Wildman–Crippen LogP) is 2.05. The summed E-state index contributed by atoms with van der Waals surface area (Å²) in [5, 5.41) is 0. The summed E-state index contributed by atoms with van der Waals surface area (Å²) in [5.41, 5.74) is 5.52. The number of hydrogen-bond acceptors (Lipinski definition) is 3. The van der Waals surface area contributed by atoms with Crippen LogP contribution in [0.5, 0.6) is 0 Å². The van der Waals surface area contributed by atoms with Crippen LogP contribution in [-0.4, -0.2) is 54.0 Å². The van der Waals surface area contributed by atoms with E-state index in [4.69, 9.17) is 5.73 Å². The molecule has 0 radical (unpaired) electrons. The maximum Gasteiger partial charge on any atom is 0.242 e. The maximum atomic E-state index is 12.2. The summed E-state index contributed by atoms with van der Waals surface area (Å²) in [7, 11) is 0. The van der Waals surface area contributed by atoms with Gasteiger partial charge in [-0.3, -0.25) is 9.69 Å². The Labute approximate surface area is 140 Å². The van der Waals surface area contributed by atoms with Crippen LogP contribution in [0.3, 0.4) is 0 Å². The van der Waals surface area contributed by atoms with Crippen LogP contribution in [0.25, 0.3) is 0 Å². The molecule has 1 heterocycles. The second-order valence-electron chi connectivity index (χ2n) is 6.75. The van der Waals surface area contributed by atoms with Gasteiger partial charge in [0.2, 0.25) is 5.91 Å². The maximum absolute atomic E-state index is 12.2. The first kappa shape index (κ1) is 19.0. The van der Waals surface area contributed by atoms with Crippen LogP contribution in [-0.2, 0) is 4.79 Å². The Morgan fingerprint density at radius 2 is 1.57 bits per heavy atom. The minimum atomic E-state index is -0.481. The molecule has 0 aromatic carbocycles. The Morgan fingerprint density at radius 1 is 1.00 bits per heavy atom. The van der Waals surface area contributed by atoms with Crippen molar-refractivity contribution in [3.63, 3.8) is 0 Å². The smallest absolute Gasteiger partial charge is 0.242 e. The molecule has 2 N–H and O–H groups in total. The van der Waals surface area contributed by atoms with E-state index in [1.807, 2.05) is 4.90 Å². The van der Waals surface area contributed by atoms with Gasteiger partial charge in [-0.2, -0.15) is 0 Å². The van der Waals surface area contributed by atoms with Crippen molar-refractivity contribution in [2.45, 2.75) is 50.5 Å². The second-order valence-corrected chi connectivity index (χ2v) is 6.75. The first-order chi connectivity index (χ1) is 9.17. The van der Waals surface area contributed by atoms with Gasteiger partial charge < -0.3 is 10.6 Å². The lowest BCUT2D eigenvalue weighted by Gasteiger charge is -2.38. The van der Waals surface area contributed by atoms with Crippen LogP contribution in [0.15, 0.2) is 0 Å². The molecule has 6 heteroatoms. The third kappa shape index (κ3) is 4.72. The quantitative estimate of drug-likeness (QED) is 0.857. The monoisotopic (exact) mass is 337 g/mol. The molecule has 124 valence electrons. The zero-order valence-electron chi connectivity index (χ0n) is 12.8. The average molecular weight is 338 g/mol. The van der Waals surface area contributed by atoms with E-state index in [1.165, 1.54) is 38.6 Å². The van der Waals surface area contributed by atoms with Gasteiger partial charge in [0.25, 0.3) is 0 Å². The van der Waals surface area contributed by atoms with Gasteiger partial charge in [0.1, 0.15) is 0 Å². The van der Waals surface area contributed by atoms with Crippen LogP contribution in [0.1, 0.15) is 44.9 Å². The normalized spacial score (nSPS) is 25.7. The van der Waals surface area contributed by atoms with E-state index < -0.39 is 5.54 Å². The molecule has 0 unspecified atom stereocenters. The van der Waals surface area contributed by atoms with Gasteiger partial charge in [0.05, 0.1) is 5.54 Å². The van der Waals surface area contributed by atoms with E-state index in [1.54, 1.807) is 0 Å². The van der Waals surface area contributed by atoms with Crippen molar-refractivity contribution in [2.24, 2.45) is 11.7 Å². The fourth-order valence-electron chi connectivity index (χ4n) is 3.53. The summed E-state index contributed by atoms with van der Waals surface area (Å²) in [6, 6.07) is 0. The highest BCUT2D eigenvalue weighted by Crippen LogP contribution is 2.34. The van der Waals surface area contributed by atoms with Crippen molar-refractivity contribution >= 4 is 30.7 Å². The Balaban J connectivity index is 0.00000110. The fourth-order valence-corrected chi connectivity index (χ4v) is 3.53. The lowest BCUT2D eigenvalue weighted by molar-refractivity contribution is -0.135. The lowest BCUT2D eigenvalue weighted by Crippen LogP contribution is -2.54. The molecular weight excluding hydrogens is 309 g/mol. The second kappa shape index (κ2) is 8.00. The number of hydrogen-bond donors (Lipinski definition) is 1. The third-order valence-corrected chi connectivity index (χ3v) is 5.12. The molecule has 21 heavy (non-hydrogen) atoms. The van der Waals surface area contributed by atoms with Gasteiger partial charge in [-0.15, -0.1) is 24.8 Å². The SMILES string of the molecule is Cl.Cl.NC1(C(=O)N2CCN(CC3CCCCC3)CC2)CC1. The van der Waals surface area contributed by atoms with Crippen molar-refractivity contribution < 1.29 is 4.79 Å². The highest BCUT2D eigenvalue weighted by Gasteiger charge is 2.48. The van der Waals surface area contributed by atoms with E-state index in [9.17, 15) is 4.79 Å². The van der Waals surface area contributed by atoms with E-state index >= 15 is 0 Å². The molecule has 3 fully saturated rings. The number of halogens is 2. The number of piperazine rings is 1. The van der Waals surface area contributed by atoms with Gasteiger partial charge in [0.15, 0.2) is 0 Å². The molecule has 2 aliphatic carbocycles. The Bertz CT molecular complexity index is 336. The zero-order valence-corrected chi connectivity index (χ0v) is 14.4. The van der Waals surface area contributed by atoms with Crippen LogP contribution in [0.4, 0.5) is 0 Å². The van der Waals surface area contributed by atoms with Crippen molar-refractivity contribution in [3.05, 3.63) is 0 Å². The van der Waals surface area contributed by atoms with E-state index in [2.05, 4.69) is 4.90 Å². The zero-order chi connectivity index (χ0) is 13.3. The molecule has 0 spiro atoms. The molecule has 1 amide bonds. The molecule has 1 aliphatic heterocycles. The summed E-state index contributed by atoms with van der Waals surface area (Å²) >= 11 is 0. The molecule has 3 rings (SSSR count). The minimum Gasteiger partial charge on any atom is -0.339 e. The molecule has 0 atom stereocenters. The first-order valence-corrected chi connectivity index (χ1v) is 7.98. The molecule has 3 aliphatic rings. The van der Waals surface area contributed by atoms with Crippen molar-refractivity contribution in [1.29, 1.82) is 0 Å². The summed E-state index contributed by atoms with van der Waals surface area (Å²) in [6.07, 6.45) is 8.84. The highest BCUT2D eigenvalue weighted by atomic mass is 35.5. The number of carbonyl (C=O) groups excluding carboxylic acids is 1. The summed E-state index contributed by atoms with van der Waals surface area (Å²) in [4.78, 5) is 16.7. The summed E-state index contributed by atoms with van der Waals surface area (Å²) in [6.45, 7) is 5.08. The van der Waals surface area contributed by atoms with Crippen LogP contribution in [0.2, 0.25) is 0 Å². The van der Waals surface area contributed by atoms with Gasteiger partial charge in [0, 0.05) is 32.7 Å². The lowest BCUT2D eigenvalue weighted by atomic mass is 9.89. The Kier molecular flexibility index (Phi) is 7.25. The van der Waals surface area contributed by atoms with Crippen LogP contribution < -0.4 is 5.73 Å². The van der Waals surface area contributed by atoms with E-state index in [0.717, 1.165) is 44.9 Å². The topological polar surface area (TPSA) is 49.6 Å². The fraction of sp³-hybridized carbons (Fsp3) is 0.933. The number of nitrogens with two attached hydrogens (primary N) is 1. The Hall–Kier alpha value is -0.0300. The van der Waals surface area contributed by atoms with E-state index in [0.29, 0.717) is 0 Å². The highest BCUT2D eigenvalue weighted by molar-refractivity contribution is 5.89. The molecular formula is C15H29Cl2N3O. The molecule has 0 aromatic rings. The first-order valence-electron chi connectivity index (χ1n) is 7.98. The van der Waals surface area contributed by atoms with Crippen molar-refractivity contribution in [2.75, 3.05) is 32.7 Å². The largest absolute Gasteiger partial charge is 0.339 e. The Morgan fingerprint density at radius 3 is 2.10 bits per heavy atom. The van der Waals surface area contributed by atoms with Crippen molar-refractivity contribution in [3.8, 4) is 0 Å². The summed E-state index contributed by atoms with van der Waals surface area (Å²) in [5.74, 6) is 1.10. The molecule has 4 nitrogen and oxygen atoms in total. The van der Waals surface area contributed by atoms with Gasteiger partial charge in [-0.05, 0) is 31.6 Å². The van der Waals surface area contributed by atoms with Crippen LogP contribution in [0, 0.1) is 5.92 Å². The molecule has 1 saturated heterocycles. The van der Waals surface area contributed by atoms with Crippen LogP contribution >= 0.6 is 24.8 Å². The standard InChI is InChI=1S/C15H27N3O.2ClH/c16-15(6-7-15)14(19)18-10-8-17(9-11-18)12-13-4-2-1-3-5-13;;/h13H,1-12,16H2;2*1H. The van der Waals surface area contributed by atoms with Gasteiger partial charge >= 0.3 is 0 Å². The van der Waals surface area contributed by atoms with Crippen molar-refractivity contribution in [1.82, 2.24) is 9.80 Å². The molecule has 0 aromatic heterocycles.